The van der Waals surface area contributed by atoms with Crippen molar-refractivity contribution in [1.82, 2.24) is 9.97 Å². The zero-order chi connectivity index (χ0) is 11.5. The lowest BCUT2D eigenvalue weighted by molar-refractivity contribution is 0.363. The van der Waals surface area contributed by atoms with Crippen molar-refractivity contribution in [3.63, 3.8) is 0 Å². The Kier molecular flexibility index (Phi) is 4.16. The minimum atomic E-state index is -3.70. The van der Waals surface area contributed by atoms with E-state index in [9.17, 15) is 0 Å². The van der Waals surface area contributed by atoms with Crippen molar-refractivity contribution in [3.8, 4) is 5.88 Å². The van der Waals surface area contributed by atoms with E-state index in [0.717, 1.165) is 12.8 Å². The Bertz CT molecular complexity index is 393. The summed E-state index contributed by atoms with van der Waals surface area (Å²) in [5.74, 6) is 0.746. The van der Waals surface area contributed by atoms with E-state index < -0.39 is 6.72 Å². The maximum atomic E-state index is 8.98. The molecular weight excluding hydrogens is 235 g/mol. The van der Waals surface area contributed by atoms with E-state index in [4.69, 9.17) is 14.3 Å². The first-order chi connectivity index (χ1) is 6.90. The molecule has 84 valence electrons. The molecule has 1 aromatic rings. The molecule has 5 nitrogen and oxygen atoms in total. The van der Waals surface area contributed by atoms with Crippen LogP contribution in [0.15, 0.2) is 6.07 Å². The van der Waals surface area contributed by atoms with Gasteiger partial charge in [-0.2, -0.15) is 4.98 Å². The summed E-state index contributed by atoms with van der Waals surface area (Å²) in [6.45, 7) is 0.0891. The van der Waals surface area contributed by atoms with E-state index in [1.807, 2.05) is 6.92 Å². The Morgan fingerprint density at radius 3 is 2.67 bits per heavy atom. The van der Waals surface area contributed by atoms with Gasteiger partial charge in [-0.05, 0) is 13.3 Å². The lowest BCUT2D eigenvalue weighted by Crippen LogP contribution is -2.00. The molecule has 0 spiro atoms. The fourth-order valence-corrected chi connectivity index (χ4v) is 1.67. The average Bonchev–Trinajstić information content (AvgIpc) is 1.99. The van der Waals surface area contributed by atoms with Crippen LogP contribution in [0.5, 0.6) is 5.88 Å². The molecule has 0 amide bonds. The van der Waals surface area contributed by atoms with E-state index in [1.165, 1.54) is 6.07 Å². The summed E-state index contributed by atoms with van der Waals surface area (Å²) in [6, 6.07) is 1.52. The van der Waals surface area contributed by atoms with Crippen LogP contribution in [0, 0.1) is 6.92 Å². The van der Waals surface area contributed by atoms with Gasteiger partial charge in [0.2, 0.25) is 5.88 Å². The van der Waals surface area contributed by atoms with Gasteiger partial charge in [-0.1, -0.05) is 6.92 Å². The predicted molar refractivity (Wildman–Crippen MR) is 60.1 cm³/mol. The summed E-state index contributed by atoms with van der Waals surface area (Å²) in [7, 11) is 0. The highest BCUT2D eigenvalue weighted by molar-refractivity contribution is 8.06. The molecule has 2 N–H and O–H groups in total. The number of hydrogen-bond acceptors (Lipinski definition) is 4. The van der Waals surface area contributed by atoms with Gasteiger partial charge in [0.05, 0.1) is 0 Å². The van der Waals surface area contributed by atoms with Crippen LogP contribution in [0.25, 0.3) is 0 Å². The van der Waals surface area contributed by atoms with Gasteiger partial charge >= 0.3 is 6.72 Å². The molecule has 1 heterocycles. The van der Waals surface area contributed by atoms with Crippen molar-refractivity contribution in [2.75, 3.05) is 0 Å². The number of nitrogens with zero attached hydrogens (tertiary/aromatic N) is 2. The monoisotopic (exact) mass is 248 g/mol. The topological polar surface area (TPSA) is 75.5 Å². The highest BCUT2D eigenvalue weighted by atomic mass is 32.5. The van der Waals surface area contributed by atoms with Gasteiger partial charge in [0.1, 0.15) is 5.82 Å². The Hall–Kier alpha value is -0.550. The lowest BCUT2D eigenvalue weighted by atomic mass is 10.3. The van der Waals surface area contributed by atoms with Crippen LogP contribution in [0.3, 0.4) is 0 Å². The Balaban J connectivity index is 2.93. The van der Waals surface area contributed by atoms with Crippen molar-refractivity contribution in [1.29, 1.82) is 0 Å². The van der Waals surface area contributed by atoms with Crippen molar-refractivity contribution in [3.05, 3.63) is 17.6 Å². The van der Waals surface area contributed by atoms with Gasteiger partial charge in [-0.15, -0.1) is 0 Å². The zero-order valence-corrected chi connectivity index (χ0v) is 10.3. The van der Waals surface area contributed by atoms with Gasteiger partial charge in [0.15, 0.2) is 0 Å². The van der Waals surface area contributed by atoms with Crippen LogP contribution in [-0.4, -0.2) is 19.8 Å². The van der Waals surface area contributed by atoms with Crippen LogP contribution in [0.1, 0.15) is 24.9 Å². The maximum absolute atomic E-state index is 8.98. The van der Waals surface area contributed by atoms with Crippen LogP contribution in [0.2, 0.25) is 0 Å². The molecule has 1 aromatic heterocycles. The number of aryl methyl sites for hydroxylation is 2. The molecule has 0 saturated carbocycles. The van der Waals surface area contributed by atoms with Gasteiger partial charge in [-0.25, -0.2) is 4.98 Å². The molecule has 0 aliphatic heterocycles. The van der Waals surface area contributed by atoms with Crippen molar-refractivity contribution in [2.45, 2.75) is 26.7 Å². The molecule has 0 aromatic carbocycles. The third kappa shape index (κ3) is 4.66. The quantitative estimate of drug-likeness (QED) is 0.783. The molecule has 0 bridgehead atoms. The summed E-state index contributed by atoms with van der Waals surface area (Å²) in [5, 5.41) is 0. The number of hydrogen-bond donors (Lipinski definition) is 2. The smallest absolute Gasteiger partial charge is 0.376 e. The third-order valence-corrected chi connectivity index (χ3v) is 2.21. The Morgan fingerprint density at radius 2 is 2.13 bits per heavy atom. The van der Waals surface area contributed by atoms with Crippen LogP contribution in [-0.2, 0) is 18.2 Å². The number of rotatable bonds is 4. The largest absolute Gasteiger partial charge is 0.406 e. The third-order valence-electron chi connectivity index (χ3n) is 1.56. The Labute approximate surface area is 93.4 Å². The molecule has 0 atom stereocenters. The first-order valence-electron chi connectivity index (χ1n) is 4.50. The fourth-order valence-electron chi connectivity index (χ4n) is 1.10. The maximum Gasteiger partial charge on any atom is 0.376 e. The summed E-state index contributed by atoms with van der Waals surface area (Å²) in [6.07, 6.45) is 1.63. The molecule has 0 aliphatic carbocycles. The molecule has 0 saturated heterocycles. The highest BCUT2D eigenvalue weighted by Crippen LogP contribution is 2.37. The summed E-state index contributed by atoms with van der Waals surface area (Å²) < 4.78 is 4.76. The normalized spacial score (nSPS) is 11.5. The second-order valence-corrected chi connectivity index (χ2v) is 5.69. The molecular formula is C8H13N2O3PS. The summed E-state index contributed by atoms with van der Waals surface area (Å²) in [4.78, 5) is 26.2. The van der Waals surface area contributed by atoms with Crippen LogP contribution < -0.4 is 4.52 Å². The minimum absolute atomic E-state index is 0.124. The molecule has 1 rings (SSSR count). The predicted octanol–water partition coefficient (Wildman–Crippen LogP) is 1.33. The zero-order valence-electron chi connectivity index (χ0n) is 8.54. The molecule has 0 radical (unpaired) electrons. The summed E-state index contributed by atoms with van der Waals surface area (Å²) in [5.41, 5.74) is 0.715. The minimum Gasteiger partial charge on any atom is -0.406 e. The van der Waals surface area contributed by atoms with E-state index in [1.54, 1.807) is 6.92 Å². The van der Waals surface area contributed by atoms with Crippen molar-refractivity contribution < 1.29 is 14.3 Å². The SMILES string of the molecule is CCCc1nc(C)cc(OP(O)(O)=S)n1. The van der Waals surface area contributed by atoms with Gasteiger partial charge < -0.3 is 14.3 Å². The second-order valence-electron chi connectivity index (χ2n) is 3.10. The average molecular weight is 248 g/mol. The second kappa shape index (κ2) is 4.99. The van der Waals surface area contributed by atoms with Crippen LogP contribution >= 0.6 is 6.72 Å². The van der Waals surface area contributed by atoms with Crippen LogP contribution in [0.4, 0.5) is 0 Å². The molecule has 15 heavy (non-hydrogen) atoms. The van der Waals surface area contributed by atoms with Gasteiger partial charge in [0, 0.05) is 30.0 Å². The first kappa shape index (κ1) is 12.5. The van der Waals surface area contributed by atoms with Crippen molar-refractivity contribution >= 4 is 18.5 Å². The van der Waals surface area contributed by atoms with E-state index in [2.05, 4.69) is 21.8 Å². The highest BCUT2D eigenvalue weighted by Gasteiger charge is 2.12. The Morgan fingerprint density at radius 1 is 1.47 bits per heavy atom. The van der Waals surface area contributed by atoms with E-state index in [0.29, 0.717) is 11.5 Å². The first-order valence-corrected chi connectivity index (χ1v) is 7.13. The van der Waals surface area contributed by atoms with Crippen molar-refractivity contribution in [2.24, 2.45) is 0 Å². The molecule has 0 fully saturated rings. The number of aromatic nitrogens is 2. The molecule has 7 heteroatoms. The summed E-state index contributed by atoms with van der Waals surface area (Å²) >= 11 is 4.36. The molecule has 0 unspecified atom stereocenters. The van der Waals surface area contributed by atoms with E-state index >= 15 is 0 Å². The molecule has 0 aliphatic rings. The fraction of sp³-hybridized carbons (Fsp3) is 0.500. The van der Waals surface area contributed by atoms with Gasteiger partial charge in [-0.3, -0.25) is 0 Å². The van der Waals surface area contributed by atoms with E-state index in [-0.39, 0.29) is 5.88 Å². The van der Waals surface area contributed by atoms with Gasteiger partial charge in [0.25, 0.3) is 0 Å². The standard InChI is InChI=1S/C8H13N2O3PS/c1-3-4-7-9-6(2)5-8(10-7)13-14(11,12)15/h5H,3-4H2,1-2H3,(H2,11,12,15). The lowest BCUT2D eigenvalue weighted by Gasteiger charge is -2.10.